The van der Waals surface area contributed by atoms with Crippen molar-refractivity contribution in [1.29, 1.82) is 0 Å². The van der Waals surface area contributed by atoms with Crippen LogP contribution in [0.15, 0.2) is 53.5 Å². The molecule has 1 N–H and O–H groups in total. The zero-order valence-corrected chi connectivity index (χ0v) is 20.4. The van der Waals surface area contributed by atoms with Gasteiger partial charge in [0.05, 0.1) is 17.5 Å². The third kappa shape index (κ3) is 4.83. The number of anilines is 2. The van der Waals surface area contributed by atoms with Gasteiger partial charge in [-0.3, -0.25) is 14.6 Å². The Morgan fingerprint density at radius 3 is 2.21 bits per heavy atom. The van der Waals surface area contributed by atoms with Gasteiger partial charge in [-0.15, -0.1) is 0 Å². The average molecular weight is 499 g/mol. The van der Waals surface area contributed by atoms with Gasteiger partial charge in [0.1, 0.15) is 0 Å². The van der Waals surface area contributed by atoms with Crippen LogP contribution in [0, 0.1) is 0 Å². The molecule has 2 fully saturated rings. The molecular weight excluding hydrogens is 472 g/mol. The van der Waals surface area contributed by atoms with Crippen LogP contribution in [0.25, 0.3) is 0 Å². The van der Waals surface area contributed by atoms with E-state index in [1.165, 1.54) is 11.8 Å². The zero-order chi connectivity index (χ0) is 23.9. The van der Waals surface area contributed by atoms with Gasteiger partial charge in [-0.2, -0.15) is 0 Å². The summed E-state index contributed by atoms with van der Waals surface area (Å²) in [7, 11) is -2.97. The number of carbonyl (C=O) groups is 2. The molecule has 178 valence electrons. The van der Waals surface area contributed by atoms with E-state index in [0.29, 0.717) is 24.2 Å². The first-order valence-electron chi connectivity index (χ1n) is 11.2. The van der Waals surface area contributed by atoms with Crippen molar-refractivity contribution in [2.75, 3.05) is 47.9 Å². The van der Waals surface area contributed by atoms with E-state index in [4.69, 9.17) is 0 Å². The summed E-state index contributed by atoms with van der Waals surface area (Å²) in [5, 5.41) is 3.97. The lowest BCUT2D eigenvalue weighted by molar-refractivity contribution is 0.0746. The van der Waals surface area contributed by atoms with Crippen LogP contribution >= 0.6 is 11.8 Å². The summed E-state index contributed by atoms with van der Waals surface area (Å²) in [5.41, 5.74) is 3.21. The number of piperazine rings is 1. The van der Waals surface area contributed by atoms with Crippen LogP contribution in [0.4, 0.5) is 11.4 Å². The minimum Gasteiger partial charge on any atom is -0.368 e. The summed E-state index contributed by atoms with van der Waals surface area (Å²) in [6.07, 6.45) is 0. The SMILES string of the molecule is CC(=O)c1ccc(N2CCN(C(=O)c3ccc(NC4=N[C@@H]5CS(=O)(=O)C[C@H]5S4)cc3)CC2)cc1. The molecule has 3 heterocycles. The molecule has 5 rings (SSSR count). The van der Waals surface area contributed by atoms with Gasteiger partial charge in [0.15, 0.2) is 20.8 Å². The van der Waals surface area contributed by atoms with Gasteiger partial charge >= 0.3 is 0 Å². The second-order valence-corrected chi connectivity index (χ2v) is 12.2. The Kier molecular flexibility index (Phi) is 6.11. The van der Waals surface area contributed by atoms with E-state index in [-0.39, 0.29) is 34.5 Å². The molecule has 0 radical (unpaired) electrons. The number of amidine groups is 1. The fourth-order valence-corrected chi connectivity index (χ4v) is 8.17. The predicted molar refractivity (Wildman–Crippen MR) is 136 cm³/mol. The maximum absolute atomic E-state index is 13.0. The van der Waals surface area contributed by atoms with Crippen LogP contribution < -0.4 is 10.2 Å². The van der Waals surface area contributed by atoms with Crippen LogP contribution in [-0.4, -0.2) is 79.2 Å². The second kappa shape index (κ2) is 9.07. The monoisotopic (exact) mass is 498 g/mol. The second-order valence-electron chi connectivity index (χ2n) is 8.82. The predicted octanol–water partition coefficient (Wildman–Crippen LogP) is 2.53. The molecule has 2 saturated heterocycles. The van der Waals surface area contributed by atoms with Gasteiger partial charge in [0.25, 0.3) is 5.91 Å². The molecule has 2 aromatic carbocycles. The normalized spacial score (nSPS) is 23.4. The lowest BCUT2D eigenvalue weighted by Crippen LogP contribution is -2.48. The van der Waals surface area contributed by atoms with Crippen LogP contribution in [0.3, 0.4) is 0 Å². The summed E-state index contributed by atoms with van der Waals surface area (Å²) in [6, 6.07) is 14.8. The number of sulfone groups is 1. The molecule has 10 heteroatoms. The van der Waals surface area contributed by atoms with Crippen molar-refractivity contribution in [3.05, 3.63) is 59.7 Å². The number of hydrogen-bond donors (Lipinski definition) is 1. The molecule has 8 nitrogen and oxygen atoms in total. The molecule has 2 atom stereocenters. The van der Waals surface area contributed by atoms with Crippen molar-refractivity contribution >= 4 is 49.8 Å². The summed E-state index contributed by atoms with van der Waals surface area (Å²) in [5.74, 6) is 0.364. The Labute approximate surface area is 203 Å². The van der Waals surface area contributed by atoms with E-state index >= 15 is 0 Å². The number of rotatable bonds is 4. The number of fused-ring (bicyclic) bond motifs is 1. The van der Waals surface area contributed by atoms with Crippen molar-refractivity contribution in [2.24, 2.45) is 4.99 Å². The van der Waals surface area contributed by atoms with Crippen molar-refractivity contribution < 1.29 is 18.0 Å². The van der Waals surface area contributed by atoms with Crippen molar-refractivity contribution in [1.82, 2.24) is 4.90 Å². The van der Waals surface area contributed by atoms with Crippen LogP contribution in [-0.2, 0) is 9.84 Å². The number of nitrogens with one attached hydrogen (secondary N) is 1. The third-order valence-electron chi connectivity index (χ3n) is 6.41. The largest absolute Gasteiger partial charge is 0.368 e. The number of thioether (sulfide) groups is 1. The number of benzene rings is 2. The van der Waals surface area contributed by atoms with Crippen molar-refractivity contribution in [3.8, 4) is 0 Å². The minimum absolute atomic E-state index is 0.000841. The topological polar surface area (TPSA) is 99.2 Å². The Hall–Kier alpha value is -2.85. The third-order valence-corrected chi connectivity index (χ3v) is 9.55. The van der Waals surface area contributed by atoms with Crippen molar-refractivity contribution in [3.63, 3.8) is 0 Å². The van der Waals surface area contributed by atoms with Crippen LogP contribution in [0.1, 0.15) is 27.6 Å². The Morgan fingerprint density at radius 1 is 0.941 bits per heavy atom. The van der Waals surface area contributed by atoms with E-state index in [1.54, 1.807) is 6.92 Å². The maximum Gasteiger partial charge on any atom is 0.253 e. The number of Topliss-reactive ketones (excluding diaryl/α,β-unsaturated/α-hetero) is 1. The quantitative estimate of drug-likeness (QED) is 0.647. The molecule has 0 saturated carbocycles. The molecular formula is C24H26N4O4S2. The maximum atomic E-state index is 13.0. The highest BCUT2D eigenvalue weighted by Crippen LogP contribution is 2.34. The smallest absolute Gasteiger partial charge is 0.253 e. The zero-order valence-electron chi connectivity index (χ0n) is 18.8. The number of aliphatic imine (C=N–C) groups is 1. The highest BCUT2D eigenvalue weighted by atomic mass is 32.2. The molecule has 34 heavy (non-hydrogen) atoms. The number of amides is 1. The Morgan fingerprint density at radius 2 is 1.59 bits per heavy atom. The fourth-order valence-electron chi connectivity index (χ4n) is 4.49. The standard InChI is InChI=1S/C24H26N4O4S2/c1-16(29)17-4-8-20(9-5-17)27-10-12-28(13-11-27)23(30)18-2-6-19(7-3-18)25-24-26-21-14-34(31,32)15-22(21)33-24/h2-9,21-22H,10-15H2,1H3,(H,25,26)/t21-,22-/m1/s1. The molecule has 0 unspecified atom stereocenters. The lowest BCUT2D eigenvalue weighted by Gasteiger charge is -2.36. The van der Waals surface area contributed by atoms with Gasteiger partial charge in [-0.1, -0.05) is 11.8 Å². The van der Waals surface area contributed by atoms with E-state index in [1.807, 2.05) is 53.4 Å². The number of carbonyl (C=O) groups excluding carboxylic acids is 2. The van der Waals surface area contributed by atoms with Gasteiger partial charge in [-0.05, 0) is 55.5 Å². The van der Waals surface area contributed by atoms with E-state index in [2.05, 4.69) is 15.2 Å². The van der Waals surface area contributed by atoms with Gasteiger partial charge < -0.3 is 15.1 Å². The van der Waals surface area contributed by atoms with Crippen LogP contribution in [0.5, 0.6) is 0 Å². The molecule has 0 aliphatic carbocycles. The summed E-state index contributed by atoms with van der Waals surface area (Å²) in [6.45, 7) is 4.29. The van der Waals surface area contributed by atoms with Crippen LogP contribution in [0.2, 0.25) is 0 Å². The van der Waals surface area contributed by atoms with Gasteiger partial charge in [-0.25, -0.2) is 8.42 Å². The van der Waals surface area contributed by atoms with E-state index in [9.17, 15) is 18.0 Å². The first kappa shape index (κ1) is 22.9. The Balaban J connectivity index is 1.15. The highest BCUT2D eigenvalue weighted by Gasteiger charge is 2.42. The summed E-state index contributed by atoms with van der Waals surface area (Å²) >= 11 is 1.48. The number of hydrogen-bond acceptors (Lipinski definition) is 8. The first-order chi connectivity index (χ1) is 16.3. The van der Waals surface area contributed by atoms with E-state index < -0.39 is 9.84 Å². The summed E-state index contributed by atoms with van der Waals surface area (Å²) < 4.78 is 23.4. The number of nitrogens with zero attached hydrogens (tertiary/aromatic N) is 3. The van der Waals surface area contributed by atoms with Crippen molar-refractivity contribution in [2.45, 2.75) is 18.2 Å². The molecule has 0 aromatic heterocycles. The Bertz CT molecular complexity index is 1230. The summed E-state index contributed by atoms with van der Waals surface area (Å²) in [4.78, 5) is 33.0. The molecule has 3 aliphatic heterocycles. The molecule has 0 spiro atoms. The average Bonchev–Trinajstić information content (AvgIpc) is 3.31. The van der Waals surface area contributed by atoms with Gasteiger partial charge in [0, 0.05) is 53.9 Å². The van der Waals surface area contributed by atoms with Gasteiger partial charge in [0.2, 0.25) is 0 Å². The minimum atomic E-state index is -2.97. The molecule has 1 amide bonds. The highest BCUT2D eigenvalue weighted by molar-refractivity contribution is 8.15. The molecule has 0 bridgehead atoms. The van der Waals surface area contributed by atoms with E-state index in [0.717, 1.165) is 29.6 Å². The fraction of sp³-hybridized carbons (Fsp3) is 0.375. The molecule has 3 aliphatic rings. The molecule has 2 aromatic rings. The number of ketones is 1. The first-order valence-corrected chi connectivity index (χ1v) is 13.9. The lowest BCUT2D eigenvalue weighted by atomic mass is 10.1.